The highest BCUT2D eigenvalue weighted by Crippen LogP contribution is 2.17. The third-order valence-corrected chi connectivity index (χ3v) is 3.80. The van der Waals surface area contributed by atoms with Gasteiger partial charge in [-0.05, 0) is 37.3 Å². The number of nitrogens with one attached hydrogen (secondary N) is 1. The summed E-state index contributed by atoms with van der Waals surface area (Å²) < 4.78 is 0. The van der Waals surface area contributed by atoms with Gasteiger partial charge in [-0.1, -0.05) is 67.6 Å². The molecule has 0 amide bonds. The Hall–Kier alpha value is -1.60. The molecule has 2 atom stereocenters. The van der Waals surface area contributed by atoms with Gasteiger partial charge >= 0.3 is 0 Å². The third kappa shape index (κ3) is 4.50. The van der Waals surface area contributed by atoms with E-state index in [1.165, 1.54) is 17.5 Å². The van der Waals surface area contributed by atoms with Crippen LogP contribution in [0.25, 0.3) is 0 Å². The molecule has 0 saturated heterocycles. The first kappa shape index (κ1) is 14.8. The summed E-state index contributed by atoms with van der Waals surface area (Å²) >= 11 is 0. The number of rotatable bonds is 7. The normalized spacial score (nSPS) is 13.9. The molecule has 1 heteroatoms. The van der Waals surface area contributed by atoms with E-state index < -0.39 is 0 Å². The lowest BCUT2D eigenvalue weighted by molar-refractivity contribution is 0.427. The molecule has 2 aromatic rings. The van der Waals surface area contributed by atoms with Crippen LogP contribution >= 0.6 is 0 Å². The molecule has 2 aromatic carbocycles. The molecule has 0 radical (unpaired) electrons. The fraction of sp³-hybridized carbons (Fsp3) is 0.368. The Balaban J connectivity index is 1.85. The Kier molecular flexibility index (Phi) is 5.82. The average Bonchev–Trinajstić information content (AvgIpc) is 2.52. The van der Waals surface area contributed by atoms with Crippen LogP contribution in [0, 0.1) is 0 Å². The fourth-order valence-corrected chi connectivity index (χ4v) is 2.59. The predicted molar refractivity (Wildman–Crippen MR) is 86.8 cm³/mol. The summed E-state index contributed by atoms with van der Waals surface area (Å²) in [7, 11) is 0. The van der Waals surface area contributed by atoms with Gasteiger partial charge in [-0.25, -0.2) is 0 Å². The van der Waals surface area contributed by atoms with E-state index in [-0.39, 0.29) is 0 Å². The molecule has 106 valence electrons. The van der Waals surface area contributed by atoms with E-state index in [9.17, 15) is 0 Å². The number of benzene rings is 2. The Bertz CT molecular complexity index is 478. The molecule has 2 unspecified atom stereocenters. The highest BCUT2D eigenvalue weighted by atomic mass is 14.9. The molecule has 0 aromatic heterocycles. The van der Waals surface area contributed by atoms with Gasteiger partial charge in [0.05, 0.1) is 0 Å². The van der Waals surface area contributed by atoms with Gasteiger partial charge in [0.25, 0.3) is 0 Å². The van der Waals surface area contributed by atoms with Gasteiger partial charge < -0.3 is 5.32 Å². The highest BCUT2D eigenvalue weighted by molar-refractivity contribution is 5.19. The first-order valence-electron chi connectivity index (χ1n) is 7.64. The van der Waals surface area contributed by atoms with Crippen molar-refractivity contribution in [3.05, 3.63) is 71.8 Å². The Morgan fingerprint density at radius 3 is 2.10 bits per heavy atom. The third-order valence-electron chi connectivity index (χ3n) is 3.80. The number of aryl methyl sites for hydroxylation is 1. The summed E-state index contributed by atoms with van der Waals surface area (Å²) in [6, 6.07) is 22.5. The highest BCUT2D eigenvalue weighted by Gasteiger charge is 2.11. The van der Waals surface area contributed by atoms with Gasteiger partial charge in [-0.15, -0.1) is 0 Å². The molecule has 0 aliphatic heterocycles. The molecule has 0 aliphatic carbocycles. The minimum atomic E-state index is 0.460. The molecule has 0 heterocycles. The smallest absolute Gasteiger partial charge is 0.0319 e. The minimum absolute atomic E-state index is 0.460. The zero-order valence-electron chi connectivity index (χ0n) is 12.5. The first-order valence-corrected chi connectivity index (χ1v) is 7.64. The van der Waals surface area contributed by atoms with Crippen molar-refractivity contribution in [2.75, 3.05) is 0 Å². The Morgan fingerprint density at radius 1 is 0.900 bits per heavy atom. The Morgan fingerprint density at radius 2 is 1.50 bits per heavy atom. The predicted octanol–water partition coefficient (Wildman–Crippen LogP) is 4.75. The van der Waals surface area contributed by atoms with E-state index in [0.717, 1.165) is 12.8 Å². The minimum Gasteiger partial charge on any atom is -0.307 e. The van der Waals surface area contributed by atoms with Gasteiger partial charge in [0.2, 0.25) is 0 Å². The fourth-order valence-electron chi connectivity index (χ4n) is 2.59. The molecular formula is C19H25N. The summed E-state index contributed by atoms with van der Waals surface area (Å²) in [5.74, 6) is 0. The summed E-state index contributed by atoms with van der Waals surface area (Å²) in [5, 5.41) is 3.75. The van der Waals surface area contributed by atoms with E-state index in [1.54, 1.807) is 0 Å². The van der Waals surface area contributed by atoms with Crippen LogP contribution in [0.15, 0.2) is 60.7 Å². The molecule has 0 saturated carbocycles. The topological polar surface area (TPSA) is 12.0 Å². The van der Waals surface area contributed by atoms with Crippen molar-refractivity contribution in [1.29, 1.82) is 0 Å². The van der Waals surface area contributed by atoms with Crippen molar-refractivity contribution in [3.63, 3.8) is 0 Å². The van der Waals surface area contributed by atoms with E-state index in [1.807, 2.05) is 0 Å². The van der Waals surface area contributed by atoms with Gasteiger partial charge in [-0.3, -0.25) is 0 Å². The van der Waals surface area contributed by atoms with Gasteiger partial charge in [-0.2, -0.15) is 0 Å². The van der Waals surface area contributed by atoms with Crippen LogP contribution in [0.2, 0.25) is 0 Å². The van der Waals surface area contributed by atoms with Crippen LogP contribution < -0.4 is 5.32 Å². The lowest BCUT2D eigenvalue weighted by Gasteiger charge is -2.23. The van der Waals surface area contributed by atoms with Crippen molar-refractivity contribution in [2.45, 2.75) is 45.2 Å². The van der Waals surface area contributed by atoms with Crippen LogP contribution in [0.4, 0.5) is 0 Å². The molecule has 0 spiro atoms. The van der Waals surface area contributed by atoms with Crippen LogP contribution in [-0.2, 0) is 6.42 Å². The largest absolute Gasteiger partial charge is 0.307 e. The van der Waals surface area contributed by atoms with Crippen molar-refractivity contribution in [1.82, 2.24) is 5.32 Å². The second-order valence-electron chi connectivity index (χ2n) is 5.46. The second-order valence-corrected chi connectivity index (χ2v) is 5.46. The van der Waals surface area contributed by atoms with Crippen LogP contribution in [0.5, 0.6) is 0 Å². The summed E-state index contributed by atoms with van der Waals surface area (Å²) in [6.07, 6.45) is 3.44. The van der Waals surface area contributed by atoms with E-state index in [2.05, 4.69) is 79.8 Å². The maximum atomic E-state index is 3.75. The van der Waals surface area contributed by atoms with Crippen molar-refractivity contribution in [3.8, 4) is 0 Å². The first-order chi connectivity index (χ1) is 9.79. The number of hydrogen-bond acceptors (Lipinski definition) is 1. The van der Waals surface area contributed by atoms with Gasteiger partial charge in [0.1, 0.15) is 0 Å². The monoisotopic (exact) mass is 267 g/mol. The molecule has 1 nitrogen and oxygen atoms in total. The maximum Gasteiger partial charge on any atom is 0.0319 e. The van der Waals surface area contributed by atoms with Gasteiger partial charge in [0.15, 0.2) is 0 Å². The van der Waals surface area contributed by atoms with Gasteiger partial charge in [0, 0.05) is 12.1 Å². The lowest BCUT2D eigenvalue weighted by Crippen LogP contribution is -2.30. The summed E-state index contributed by atoms with van der Waals surface area (Å²) in [6.45, 7) is 4.53. The molecule has 2 rings (SSSR count). The molecular weight excluding hydrogens is 242 g/mol. The maximum absolute atomic E-state index is 3.75. The molecule has 20 heavy (non-hydrogen) atoms. The van der Waals surface area contributed by atoms with E-state index >= 15 is 0 Å². The quantitative estimate of drug-likeness (QED) is 0.763. The van der Waals surface area contributed by atoms with Crippen LogP contribution in [-0.4, -0.2) is 6.04 Å². The van der Waals surface area contributed by atoms with Crippen molar-refractivity contribution >= 4 is 0 Å². The molecule has 0 aliphatic rings. The lowest BCUT2D eigenvalue weighted by atomic mass is 10.0. The van der Waals surface area contributed by atoms with Crippen molar-refractivity contribution in [2.24, 2.45) is 0 Å². The molecule has 1 N–H and O–H groups in total. The van der Waals surface area contributed by atoms with Crippen molar-refractivity contribution < 1.29 is 0 Å². The summed E-state index contributed by atoms with van der Waals surface area (Å²) in [4.78, 5) is 0. The SMILES string of the molecule is CCC(NC(C)CCc1ccccc1)c1ccccc1. The molecule has 0 fully saturated rings. The molecule has 0 bridgehead atoms. The zero-order valence-corrected chi connectivity index (χ0v) is 12.5. The second kappa shape index (κ2) is 7.86. The summed E-state index contributed by atoms with van der Waals surface area (Å²) in [5.41, 5.74) is 2.82. The van der Waals surface area contributed by atoms with E-state index in [0.29, 0.717) is 12.1 Å². The average molecular weight is 267 g/mol. The number of hydrogen-bond donors (Lipinski definition) is 1. The Labute approximate surface area is 123 Å². The zero-order chi connectivity index (χ0) is 14.2. The van der Waals surface area contributed by atoms with Crippen LogP contribution in [0.1, 0.15) is 43.9 Å². The van der Waals surface area contributed by atoms with Crippen LogP contribution in [0.3, 0.4) is 0 Å². The van der Waals surface area contributed by atoms with E-state index in [4.69, 9.17) is 0 Å². The standard InChI is InChI=1S/C19H25N/c1-3-19(18-12-8-5-9-13-18)20-16(2)14-15-17-10-6-4-7-11-17/h4-13,16,19-20H,3,14-15H2,1-2H3.